The zero-order valence-corrected chi connectivity index (χ0v) is 6.30. The highest BCUT2D eigenvalue weighted by Gasteiger charge is 2.24. The SMILES string of the molecule is O=C1OCCN1c1cccnn1. The van der Waals surface area contributed by atoms with Crippen molar-refractivity contribution in [2.24, 2.45) is 0 Å². The molecular weight excluding hydrogens is 158 g/mol. The van der Waals surface area contributed by atoms with Gasteiger partial charge in [0.1, 0.15) is 6.61 Å². The first-order chi connectivity index (χ1) is 5.88. The minimum Gasteiger partial charge on any atom is -0.447 e. The van der Waals surface area contributed by atoms with Crippen LogP contribution in [0.3, 0.4) is 0 Å². The van der Waals surface area contributed by atoms with Crippen LogP contribution in [-0.2, 0) is 4.74 Å². The molecule has 0 aliphatic carbocycles. The first-order valence-corrected chi connectivity index (χ1v) is 3.60. The third-order valence-electron chi connectivity index (χ3n) is 1.60. The third kappa shape index (κ3) is 1.09. The number of carbonyl (C=O) groups is 1. The number of ether oxygens (including phenoxy) is 1. The molecular formula is C7H7N3O2. The maximum Gasteiger partial charge on any atom is 0.415 e. The smallest absolute Gasteiger partial charge is 0.415 e. The Morgan fingerprint density at radius 2 is 2.50 bits per heavy atom. The number of anilines is 1. The summed E-state index contributed by atoms with van der Waals surface area (Å²) in [5, 5.41) is 7.45. The van der Waals surface area contributed by atoms with Crippen molar-refractivity contribution in [1.82, 2.24) is 10.2 Å². The van der Waals surface area contributed by atoms with Crippen LogP contribution in [0.25, 0.3) is 0 Å². The van der Waals surface area contributed by atoms with Crippen molar-refractivity contribution in [1.29, 1.82) is 0 Å². The highest BCUT2D eigenvalue weighted by atomic mass is 16.6. The lowest BCUT2D eigenvalue weighted by Gasteiger charge is -2.08. The standard InChI is InChI=1S/C7H7N3O2/c11-7-10(4-5-12-7)6-2-1-3-8-9-6/h1-3H,4-5H2. The summed E-state index contributed by atoms with van der Waals surface area (Å²) in [5.41, 5.74) is 0. The number of carbonyl (C=O) groups excluding carboxylic acids is 1. The zero-order chi connectivity index (χ0) is 8.39. The van der Waals surface area contributed by atoms with Gasteiger partial charge >= 0.3 is 6.09 Å². The van der Waals surface area contributed by atoms with Gasteiger partial charge in [0.15, 0.2) is 5.82 Å². The molecule has 0 N–H and O–H groups in total. The molecule has 0 spiro atoms. The quantitative estimate of drug-likeness (QED) is 0.605. The van der Waals surface area contributed by atoms with E-state index in [0.717, 1.165) is 0 Å². The van der Waals surface area contributed by atoms with E-state index >= 15 is 0 Å². The van der Waals surface area contributed by atoms with Gasteiger partial charge in [-0.25, -0.2) is 4.79 Å². The maximum absolute atomic E-state index is 11.0. The predicted molar refractivity (Wildman–Crippen MR) is 40.7 cm³/mol. The summed E-state index contributed by atoms with van der Waals surface area (Å²) in [4.78, 5) is 12.5. The number of cyclic esters (lactones) is 1. The molecule has 1 aliphatic heterocycles. The second-order valence-electron chi connectivity index (χ2n) is 2.35. The number of hydrogen-bond donors (Lipinski definition) is 0. The Hall–Kier alpha value is -1.65. The van der Waals surface area contributed by atoms with Gasteiger partial charge in [-0.05, 0) is 12.1 Å². The average molecular weight is 165 g/mol. The van der Waals surface area contributed by atoms with E-state index in [-0.39, 0.29) is 6.09 Å². The first kappa shape index (κ1) is 7.02. The molecule has 1 aromatic heterocycles. The Bertz CT molecular complexity index is 288. The minimum atomic E-state index is -0.351. The second kappa shape index (κ2) is 2.77. The van der Waals surface area contributed by atoms with Crippen LogP contribution in [0.15, 0.2) is 18.3 Å². The number of nitrogens with zero attached hydrogens (tertiary/aromatic N) is 3. The fraction of sp³-hybridized carbons (Fsp3) is 0.286. The molecule has 0 aromatic carbocycles. The molecule has 2 heterocycles. The van der Waals surface area contributed by atoms with Gasteiger partial charge in [0.2, 0.25) is 0 Å². The summed E-state index contributed by atoms with van der Waals surface area (Å²) in [5.74, 6) is 0.542. The van der Waals surface area contributed by atoms with E-state index in [0.29, 0.717) is 19.0 Å². The van der Waals surface area contributed by atoms with Crippen LogP contribution in [-0.4, -0.2) is 29.4 Å². The van der Waals surface area contributed by atoms with E-state index in [1.807, 2.05) is 0 Å². The molecule has 1 aromatic rings. The summed E-state index contributed by atoms with van der Waals surface area (Å²) in [6.45, 7) is 0.979. The second-order valence-corrected chi connectivity index (χ2v) is 2.35. The van der Waals surface area contributed by atoms with E-state index in [9.17, 15) is 4.79 Å². The highest BCUT2D eigenvalue weighted by molar-refractivity contribution is 5.87. The number of rotatable bonds is 1. The van der Waals surface area contributed by atoms with Crippen molar-refractivity contribution in [3.8, 4) is 0 Å². The number of hydrogen-bond acceptors (Lipinski definition) is 4. The fourth-order valence-electron chi connectivity index (χ4n) is 1.04. The molecule has 0 unspecified atom stereocenters. The Labute approximate surface area is 69.0 Å². The average Bonchev–Trinajstić information content (AvgIpc) is 2.53. The lowest BCUT2D eigenvalue weighted by atomic mass is 10.5. The number of amides is 1. The Morgan fingerprint density at radius 3 is 3.08 bits per heavy atom. The van der Waals surface area contributed by atoms with Crippen LogP contribution in [0.1, 0.15) is 0 Å². The molecule has 1 amide bonds. The van der Waals surface area contributed by atoms with Gasteiger partial charge in [0.25, 0.3) is 0 Å². The molecule has 0 radical (unpaired) electrons. The lowest BCUT2D eigenvalue weighted by molar-refractivity contribution is 0.181. The van der Waals surface area contributed by atoms with Gasteiger partial charge in [-0.15, -0.1) is 5.10 Å². The Kier molecular flexibility index (Phi) is 1.62. The fourth-order valence-corrected chi connectivity index (χ4v) is 1.04. The third-order valence-corrected chi connectivity index (χ3v) is 1.60. The van der Waals surface area contributed by atoms with E-state index in [4.69, 9.17) is 4.74 Å². The largest absolute Gasteiger partial charge is 0.447 e. The van der Waals surface area contributed by atoms with E-state index in [1.54, 1.807) is 18.3 Å². The van der Waals surface area contributed by atoms with Gasteiger partial charge in [0.05, 0.1) is 6.54 Å². The van der Waals surface area contributed by atoms with Gasteiger partial charge in [-0.1, -0.05) is 0 Å². The van der Waals surface area contributed by atoms with Gasteiger partial charge in [0, 0.05) is 6.20 Å². The van der Waals surface area contributed by atoms with Crippen LogP contribution in [0.5, 0.6) is 0 Å². The summed E-state index contributed by atoms with van der Waals surface area (Å²) in [7, 11) is 0. The summed E-state index contributed by atoms with van der Waals surface area (Å²) in [6.07, 6.45) is 1.21. The molecule has 0 bridgehead atoms. The first-order valence-electron chi connectivity index (χ1n) is 3.60. The van der Waals surface area contributed by atoms with Crippen molar-refractivity contribution in [2.75, 3.05) is 18.1 Å². The van der Waals surface area contributed by atoms with Crippen molar-refractivity contribution >= 4 is 11.9 Å². The predicted octanol–water partition coefficient (Wildman–Crippen LogP) is 0.433. The van der Waals surface area contributed by atoms with Gasteiger partial charge in [-0.2, -0.15) is 5.10 Å². The van der Waals surface area contributed by atoms with Crippen LogP contribution < -0.4 is 4.90 Å². The summed E-state index contributed by atoms with van der Waals surface area (Å²) >= 11 is 0. The molecule has 5 heteroatoms. The van der Waals surface area contributed by atoms with Crippen LogP contribution >= 0.6 is 0 Å². The highest BCUT2D eigenvalue weighted by Crippen LogP contribution is 2.13. The molecule has 0 atom stereocenters. The van der Waals surface area contributed by atoms with Gasteiger partial charge in [-0.3, -0.25) is 4.90 Å². The van der Waals surface area contributed by atoms with Crippen molar-refractivity contribution in [2.45, 2.75) is 0 Å². The summed E-state index contributed by atoms with van der Waals surface area (Å²) in [6, 6.07) is 3.45. The Morgan fingerprint density at radius 1 is 1.58 bits per heavy atom. The van der Waals surface area contributed by atoms with Crippen molar-refractivity contribution in [3.63, 3.8) is 0 Å². The van der Waals surface area contributed by atoms with E-state index in [1.165, 1.54) is 4.90 Å². The van der Waals surface area contributed by atoms with Gasteiger partial charge < -0.3 is 4.74 Å². The van der Waals surface area contributed by atoms with E-state index in [2.05, 4.69) is 10.2 Å². The minimum absolute atomic E-state index is 0.351. The van der Waals surface area contributed by atoms with Crippen LogP contribution in [0.2, 0.25) is 0 Å². The van der Waals surface area contributed by atoms with Crippen molar-refractivity contribution < 1.29 is 9.53 Å². The van der Waals surface area contributed by atoms with Crippen LogP contribution in [0, 0.1) is 0 Å². The molecule has 1 aliphatic rings. The summed E-state index contributed by atoms with van der Waals surface area (Å²) < 4.78 is 4.74. The molecule has 1 fully saturated rings. The molecule has 5 nitrogen and oxygen atoms in total. The van der Waals surface area contributed by atoms with Crippen LogP contribution in [0.4, 0.5) is 10.6 Å². The topological polar surface area (TPSA) is 55.3 Å². The van der Waals surface area contributed by atoms with Crippen molar-refractivity contribution in [3.05, 3.63) is 18.3 Å². The molecule has 0 saturated carbocycles. The molecule has 1 saturated heterocycles. The lowest BCUT2D eigenvalue weighted by Crippen LogP contribution is -2.24. The number of aromatic nitrogens is 2. The Balaban J connectivity index is 2.25. The monoisotopic (exact) mass is 165 g/mol. The molecule has 62 valence electrons. The normalized spacial score (nSPS) is 16.3. The van der Waals surface area contributed by atoms with E-state index < -0.39 is 0 Å². The molecule has 12 heavy (non-hydrogen) atoms. The molecule has 2 rings (SSSR count). The maximum atomic E-state index is 11.0. The zero-order valence-electron chi connectivity index (χ0n) is 6.30.